The summed E-state index contributed by atoms with van der Waals surface area (Å²) < 4.78 is 12.1. The topological polar surface area (TPSA) is 34.6 Å². The van der Waals surface area contributed by atoms with Gasteiger partial charge in [0.15, 0.2) is 11.5 Å². The Hall–Kier alpha value is -3.01. The van der Waals surface area contributed by atoms with E-state index in [1.165, 1.54) is 12.8 Å². The van der Waals surface area contributed by atoms with E-state index in [1.807, 2.05) is 25.1 Å². The average molecular weight is 389 g/mol. The van der Waals surface area contributed by atoms with Crippen molar-refractivity contribution in [2.45, 2.75) is 45.3 Å². The number of pyridine rings is 1. The number of hydrogen-bond donors (Lipinski definition) is 0. The molecule has 1 aromatic heterocycles. The number of aryl methyl sites for hydroxylation is 1. The number of ether oxygens (including phenoxy) is 2. The monoisotopic (exact) mass is 388 g/mol. The van der Waals surface area contributed by atoms with Crippen LogP contribution in [0.3, 0.4) is 0 Å². The summed E-state index contributed by atoms with van der Waals surface area (Å²) in [6.45, 7) is 2.61. The fourth-order valence-electron chi connectivity index (χ4n) is 3.95. The van der Waals surface area contributed by atoms with Crippen LogP contribution in [-0.2, 0) is 6.54 Å². The Kier molecular flexibility index (Phi) is 5.99. The third-order valence-electron chi connectivity index (χ3n) is 5.39. The van der Waals surface area contributed by atoms with E-state index >= 15 is 0 Å². The molecule has 3 aromatic rings. The molecule has 4 heteroatoms. The lowest BCUT2D eigenvalue weighted by molar-refractivity contribution is 0.197. The van der Waals surface area contributed by atoms with Gasteiger partial charge >= 0.3 is 0 Å². The number of aromatic nitrogens is 1. The van der Waals surface area contributed by atoms with Crippen molar-refractivity contribution in [1.82, 2.24) is 4.98 Å². The van der Waals surface area contributed by atoms with Crippen LogP contribution < -0.4 is 14.4 Å². The zero-order valence-electron chi connectivity index (χ0n) is 17.2. The van der Waals surface area contributed by atoms with E-state index in [1.54, 1.807) is 7.11 Å². The third kappa shape index (κ3) is 4.53. The molecular formula is C25H28N2O2. The highest BCUT2D eigenvalue weighted by Gasteiger charge is 2.23. The first-order valence-corrected chi connectivity index (χ1v) is 10.3. The molecule has 150 valence electrons. The second kappa shape index (κ2) is 8.99. The first-order valence-electron chi connectivity index (χ1n) is 10.3. The molecule has 1 aliphatic carbocycles. The minimum Gasteiger partial charge on any atom is -0.493 e. The molecule has 1 saturated carbocycles. The predicted molar refractivity (Wildman–Crippen MR) is 117 cm³/mol. The summed E-state index contributed by atoms with van der Waals surface area (Å²) in [7, 11) is 1.70. The van der Waals surface area contributed by atoms with Crippen LogP contribution in [0.1, 0.15) is 37.1 Å². The van der Waals surface area contributed by atoms with E-state index in [2.05, 4.69) is 53.4 Å². The number of hydrogen-bond acceptors (Lipinski definition) is 4. The SMILES string of the molecule is COc1cc(C)nc(CN(c2ccccc2)c2ccccc2)c1OC1CCCC1. The van der Waals surface area contributed by atoms with Crippen molar-refractivity contribution in [3.05, 3.63) is 78.1 Å². The van der Waals surface area contributed by atoms with E-state index < -0.39 is 0 Å². The molecule has 0 radical (unpaired) electrons. The maximum atomic E-state index is 6.44. The van der Waals surface area contributed by atoms with Gasteiger partial charge < -0.3 is 14.4 Å². The van der Waals surface area contributed by atoms with Crippen molar-refractivity contribution in [3.8, 4) is 11.5 Å². The van der Waals surface area contributed by atoms with Crippen LogP contribution >= 0.6 is 0 Å². The molecule has 29 heavy (non-hydrogen) atoms. The van der Waals surface area contributed by atoms with Gasteiger partial charge in [0.2, 0.25) is 0 Å². The molecule has 0 aliphatic heterocycles. The van der Waals surface area contributed by atoms with E-state index in [0.29, 0.717) is 6.54 Å². The lowest BCUT2D eigenvalue weighted by Gasteiger charge is -2.27. The minimum absolute atomic E-state index is 0.244. The molecule has 2 aromatic carbocycles. The number of benzene rings is 2. The predicted octanol–water partition coefficient (Wildman–Crippen LogP) is 6.06. The highest BCUT2D eigenvalue weighted by atomic mass is 16.5. The maximum Gasteiger partial charge on any atom is 0.184 e. The normalized spacial score (nSPS) is 14.0. The molecule has 1 heterocycles. The van der Waals surface area contributed by atoms with Crippen LogP contribution in [0.15, 0.2) is 66.7 Å². The Bertz CT molecular complexity index is 883. The van der Waals surface area contributed by atoms with Crippen LogP contribution in [0.25, 0.3) is 0 Å². The Morgan fingerprint density at radius 2 is 1.52 bits per heavy atom. The quantitative estimate of drug-likeness (QED) is 0.493. The van der Waals surface area contributed by atoms with Crippen molar-refractivity contribution < 1.29 is 9.47 Å². The van der Waals surface area contributed by atoms with Gasteiger partial charge in [0, 0.05) is 23.1 Å². The van der Waals surface area contributed by atoms with Crippen molar-refractivity contribution in [2.24, 2.45) is 0 Å². The largest absolute Gasteiger partial charge is 0.493 e. The molecule has 1 fully saturated rings. The first-order chi connectivity index (χ1) is 14.2. The van der Waals surface area contributed by atoms with Crippen LogP contribution in [-0.4, -0.2) is 18.2 Å². The molecule has 0 amide bonds. The highest BCUT2D eigenvalue weighted by molar-refractivity contribution is 5.63. The van der Waals surface area contributed by atoms with Gasteiger partial charge in [-0.1, -0.05) is 36.4 Å². The second-order valence-corrected chi connectivity index (χ2v) is 7.52. The zero-order chi connectivity index (χ0) is 20.1. The van der Waals surface area contributed by atoms with Crippen molar-refractivity contribution in [2.75, 3.05) is 12.0 Å². The summed E-state index contributed by atoms with van der Waals surface area (Å²) in [6, 6.07) is 22.8. The van der Waals surface area contributed by atoms with Crippen molar-refractivity contribution >= 4 is 11.4 Å². The molecule has 1 aliphatic rings. The van der Waals surface area contributed by atoms with E-state index in [0.717, 1.165) is 47.1 Å². The van der Waals surface area contributed by atoms with Gasteiger partial charge in [0.25, 0.3) is 0 Å². The lowest BCUT2D eigenvalue weighted by atomic mass is 10.2. The van der Waals surface area contributed by atoms with Crippen LogP contribution in [0.4, 0.5) is 11.4 Å². The average Bonchev–Trinajstić information content (AvgIpc) is 3.28. The van der Waals surface area contributed by atoms with Gasteiger partial charge in [0.05, 0.1) is 19.8 Å². The van der Waals surface area contributed by atoms with Crippen molar-refractivity contribution in [1.29, 1.82) is 0 Å². The van der Waals surface area contributed by atoms with Crippen LogP contribution in [0, 0.1) is 6.92 Å². The summed E-state index contributed by atoms with van der Waals surface area (Å²) in [4.78, 5) is 7.13. The van der Waals surface area contributed by atoms with Crippen LogP contribution in [0.2, 0.25) is 0 Å². The second-order valence-electron chi connectivity index (χ2n) is 7.52. The van der Waals surface area contributed by atoms with Gasteiger partial charge in [-0.2, -0.15) is 0 Å². The third-order valence-corrected chi connectivity index (χ3v) is 5.39. The molecule has 0 saturated heterocycles. The van der Waals surface area contributed by atoms with Gasteiger partial charge in [0.1, 0.15) is 5.69 Å². The van der Waals surface area contributed by atoms with Gasteiger partial charge in [-0.3, -0.25) is 4.98 Å². The number of para-hydroxylation sites is 2. The fraction of sp³-hybridized carbons (Fsp3) is 0.320. The summed E-state index contributed by atoms with van der Waals surface area (Å²) in [5.74, 6) is 1.54. The molecule has 0 unspecified atom stereocenters. The summed E-state index contributed by atoms with van der Waals surface area (Å²) in [6.07, 6.45) is 4.88. The van der Waals surface area contributed by atoms with Gasteiger partial charge in [-0.15, -0.1) is 0 Å². The molecule has 0 bridgehead atoms. The molecule has 4 nitrogen and oxygen atoms in total. The highest BCUT2D eigenvalue weighted by Crippen LogP contribution is 2.37. The van der Waals surface area contributed by atoms with E-state index in [-0.39, 0.29) is 6.10 Å². The van der Waals surface area contributed by atoms with Crippen molar-refractivity contribution in [3.63, 3.8) is 0 Å². The Morgan fingerprint density at radius 3 is 2.07 bits per heavy atom. The minimum atomic E-state index is 0.244. The molecule has 4 rings (SSSR count). The Balaban J connectivity index is 1.74. The summed E-state index contributed by atoms with van der Waals surface area (Å²) >= 11 is 0. The maximum absolute atomic E-state index is 6.44. The van der Waals surface area contributed by atoms with Gasteiger partial charge in [-0.05, 0) is 56.9 Å². The number of rotatable bonds is 7. The van der Waals surface area contributed by atoms with E-state index in [4.69, 9.17) is 14.5 Å². The van der Waals surface area contributed by atoms with Gasteiger partial charge in [-0.25, -0.2) is 0 Å². The standard InChI is InChI=1S/C25H28N2O2/c1-19-17-24(28-2)25(29-22-15-9-10-16-22)23(26-19)18-27(20-11-5-3-6-12-20)21-13-7-4-8-14-21/h3-8,11-14,17,22H,9-10,15-16,18H2,1-2H3. The zero-order valence-corrected chi connectivity index (χ0v) is 17.2. The number of anilines is 2. The van der Waals surface area contributed by atoms with E-state index in [9.17, 15) is 0 Å². The Labute approximate surface area is 173 Å². The first kappa shape index (κ1) is 19.3. The molecule has 0 N–H and O–H groups in total. The number of nitrogens with zero attached hydrogens (tertiary/aromatic N) is 2. The summed E-state index contributed by atoms with van der Waals surface area (Å²) in [5, 5.41) is 0. The Morgan fingerprint density at radius 1 is 0.931 bits per heavy atom. The number of methoxy groups -OCH3 is 1. The lowest BCUT2D eigenvalue weighted by Crippen LogP contribution is -2.20. The fourth-order valence-corrected chi connectivity index (χ4v) is 3.95. The molecule has 0 spiro atoms. The smallest absolute Gasteiger partial charge is 0.184 e. The summed E-state index contributed by atoms with van der Waals surface area (Å²) in [5.41, 5.74) is 4.07. The van der Waals surface area contributed by atoms with Crippen LogP contribution in [0.5, 0.6) is 11.5 Å². The molecule has 0 atom stereocenters. The molecular weight excluding hydrogens is 360 g/mol.